The van der Waals surface area contributed by atoms with Crippen molar-refractivity contribution in [2.45, 2.75) is 12.8 Å². The predicted octanol–water partition coefficient (Wildman–Crippen LogP) is 5.45. The Labute approximate surface area is 137 Å². The summed E-state index contributed by atoms with van der Waals surface area (Å²) in [4.78, 5) is 12.5. The van der Waals surface area contributed by atoms with Crippen LogP contribution in [-0.4, -0.2) is 5.78 Å². The Morgan fingerprint density at radius 1 is 1.05 bits per heavy atom. The van der Waals surface area contributed by atoms with E-state index in [0.717, 1.165) is 5.56 Å². The van der Waals surface area contributed by atoms with E-state index in [1.54, 1.807) is 43.3 Å². The quantitative estimate of drug-likeness (QED) is 0.699. The molecule has 0 aromatic heterocycles. The summed E-state index contributed by atoms with van der Waals surface area (Å²) < 4.78 is 0. The van der Waals surface area contributed by atoms with Gasteiger partial charge in [-0.25, -0.2) is 0 Å². The predicted molar refractivity (Wildman–Crippen MR) is 85.3 cm³/mol. The lowest BCUT2D eigenvalue weighted by molar-refractivity contribution is 0.0979. The summed E-state index contributed by atoms with van der Waals surface area (Å²) in [5.41, 5.74) is 1.74. The molecule has 2 aromatic carbocycles. The largest absolute Gasteiger partial charge is 0.292 e. The summed E-state index contributed by atoms with van der Waals surface area (Å²) >= 11 is 17.7. The van der Waals surface area contributed by atoms with Crippen LogP contribution in [-0.2, 0) is 0 Å². The van der Waals surface area contributed by atoms with Crippen LogP contribution in [0.25, 0.3) is 0 Å². The summed E-state index contributed by atoms with van der Waals surface area (Å²) in [5, 5.41) is 10.6. The van der Waals surface area contributed by atoms with Crippen molar-refractivity contribution in [3.63, 3.8) is 0 Å². The van der Waals surface area contributed by atoms with Crippen LogP contribution < -0.4 is 0 Å². The molecule has 0 fully saturated rings. The fourth-order valence-corrected chi connectivity index (χ4v) is 2.37. The van der Waals surface area contributed by atoms with Gasteiger partial charge < -0.3 is 0 Å². The topological polar surface area (TPSA) is 40.9 Å². The van der Waals surface area contributed by atoms with Gasteiger partial charge in [-0.3, -0.25) is 4.79 Å². The monoisotopic (exact) mass is 337 g/mol. The van der Waals surface area contributed by atoms with E-state index in [2.05, 4.69) is 0 Å². The molecule has 1 atom stereocenters. The third-order valence-electron chi connectivity index (χ3n) is 3.11. The summed E-state index contributed by atoms with van der Waals surface area (Å²) in [6, 6.07) is 11.7. The van der Waals surface area contributed by atoms with E-state index in [0.29, 0.717) is 26.2 Å². The maximum atomic E-state index is 12.5. The lowest BCUT2D eigenvalue weighted by atomic mass is 9.91. The van der Waals surface area contributed by atoms with Crippen LogP contribution in [0.2, 0.25) is 15.1 Å². The molecular weight excluding hydrogens is 329 g/mol. The smallest absolute Gasteiger partial charge is 0.184 e. The molecule has 0 saturated carbocycles. The Hall–Kier alpha value is -1.53. The van der Waals surface area contributed by atoms with Crippen molar-refractivity contribution >= 4 is 40.6 Å². The molecule has 0 N–H and O–H groups in total. The summed E-state index contributed by atoms with van der Waals surface area (Å²) in [6.07, 6.45) is 0. The molecule has 0 spiro atoms. The van der Waals surface area contributed by atoms with Gasteiger partial charge in [-0.1, -0.05) is 40.9 Å². The Morgan fingerprint density at radius 2 is 1.71 bits per heavy atom. The summed E-state index contributed by atoms with van der Waals surface area (Å²) in [5.74, 6) is -1.23. The van der Waals surface area contributed by atoms with Crippen molar-refractivity contribution in [3.05, 3.63) is 68.2 Å². The minimum atomic E-state index is -0.930. The zero-order valence-electron chi connectivity index (χ0n) is 11.0. The van der Waals surface area contributed by atoms with Gasteiger partial charge in [0.15, 0.2) is 5.78 Å². The standard InChI is InChI=1S/C16H10Cl3NO/c1-9-6-11(3-4-13(9)17)16(21)12(8-20)10-2-5-14(18)15(19)7-10/h2-7,12H,1H3. The number of hydrogen-bond donors (Lipinski definition) is 0. The molecule has 2 rings (SSSR count). The molecule has 21 heavy (non-hydrogen) atoms. The zero-order valence-corrected chi connectivity index (χ0v) is 13.3. The highest BCUT2D eigenvalue weighted by atomic mass is 35.5. The lowest BCUT2D eigenvalue weighted by Crippen LogP contribution is -2.11. The van der Waals surface area contributed by atoms with Gasteiger partial charge in [-0.15, -0.1) is 0 Å². The molecule has 0 aliphatic rings. The van der Waals surface area contributed by atoms with E-state index in [1.807, 2.05) is 6.07 Å². The van der Waals surface area contributed by atoms with Gasteiger partial charge in [0.05, 0.1) is 16.1 Å². The number of halogens is 3. The van der Waals surface area contributed by atoms with Crippen LogP contribution in [0.5, 0.6) is 0 Å². The molecular formula is C16H10Cl3NO. The van der Waals surface area contributed by atoms with Gasteiger partial charge >= 0.3 is 0 Å². The minimum absolute atomic E-state index is 0.296. The van der Waals surface area contributed by atoms with Gasteiger partial charge in [0.25, 0.3) is 0 Å². The molecule has 0 aliphatic carbocycles. The highest BCUT2D eigenvalue weighted by molar-refractivity contribution is 6.42. The first-order chi connectivity index (χ1) is 9.93. The van der Waals surface area contributed by atoms with Crippen LogP contribution in [0.1, 0.15) is 27.4 Å². The number of rotatable bonds is 3. The van der Waals surface area contributed by atoms with Crippen LogP contribution >= 0.6 is 34.8 Å². The van der Waals surface area contributed by atoms with Crippen molar-refractivity contribution in [1.29, 1.82) is 5.26 Å². The number of ketones is 1. The number of nitrogens with zero attached hydrogens (tertiary/aromatic N) is 1. The van der Waals surface area contributed by atoms with E-state index >= 15 is 0 Å². The lowest BCUT2D eigenvalue weighted by Gasteiger charge is -2.10. The highest BCUT2D eigenvalue weighted by Crippen LogP contribution is 2.29. The normalized spacial score (nSPS) is 11.8. The second-order valence-electron chi connectivity index (χ2n) is 4.56. The number of benzene rings is 2. The first-order valence-electron chi connectivity index (χ1n) is 6.09. The summed E-state index contributed by atoms with van der Waals surface area (Å²) in [7, 11) is 0. The molecule has 5 heteroatoms. The molecule has 0 heterocycles. The van der Waals surface area contributed by atoms with Gasteiger partial charge in [0, 0.05) is 10.6 Å². The average molecular weight is 339 g/mol. The number of carbonyl (C=O) groups excluding carboxylic acids is 1. The Kier molecular flexibility index (Phi) is 4.90. The number of aryl methyl sites for hydroxylation is 1. The maximum absolute atomic E-state index is 12.5. The van der Waals surface area contributed by atoms with Gasteiger partial charge in [0.2, 0.25) is 0 Å². The molecule has 0 saturated heterocycles. The molecule has 2 aromatic rings. The van der Waals surface area contributed by atoms with E-state index in [4.69, 9.17) is 34.8 Å². The third kappa shape index (κ3) is 3.39. The molecule has 0 aliphatic heterocycles. The fourth-order valence-electron chi connectivity index (χ4n) is 1.94. The minimum Gasteiger partial charge on any atom is -0.292 e. The highest BCUT2D eigenvalue weighted by Gasteiger charge is 2.22. The van der Waals surface area contributed by atoms with Crippen LogP contribution in [0.4, 0.5) is 0 Å². The number of Topliss-reactive ketones (excluding diaryl/α,β-unsaturated/α-hetero) is 1. The van der Waals surface area contributed by atoms with E-state index < -0.39 is 5.92 Å². The van der Waals surface area contributed by atoms with Crippen LogP contribution in [0, 0.1) is 18.3 Å². The molecule has 0 amide bonds. The van der Waals surface area contributed by atoms with Crippen molar-refractivity contribution in [1.82, 2.24) is 0 Å². The first kappa shape index (κ1) is 15.9. The Balaban J connectivity index is 2.41. The van der Waals surface area contributed by atoms with Crippen LogP contribution in [0.15, 0.2) is 36.4 Å². The number of carbonyl (C=O) groups is 1. The molecule has 2 nitrogen and oxygen atoms in total. The fraction of sp³-hybridized carbons (Fsp3) is 0.125. The zero-order chi connectivity index (χ0) is 15.6. The van der Waals surface area contributed by atoms with E-state index in [1.165, 1.54) is 0 Å². The number of nitriles is 1. The SMILES string of the molecule is Cc1cc(C(=O)C(C#N)c2ccc(Cl)c(Cl)c2)ccc1Cl. The second-order valence-corrected chi connectivity index (χ2v) is 5.79. The molecule has 0 bridgehead atoms. The van der Waals surface area contributed by atoms with Crippen molar-refractivity contribution in [2.24, 2.45) is 0 Å². The van der Waals surface area contributed by atoms with Crippen LogP contribution in [0.3, 0.4) is 0 Å². The van der Waals surface area contributed by atoms with Crippen molar-refractivity contribution in [3.8, 4) is 6.07 Å². The van der Waals surface area contributed by atoms with Gasteiger partial charge in [0.1, 0.15) is 5.92 Å². The Bertz CT molecular complexity index is 750. The van der Waals surface area contributed by atoms with E-state index in [9.17, 15) is 10.1 Å². The Morgan fingerprint density at radius 3 is 2.29 bits per heavy atom. The maximum Gasteiger partial charge on any atom is 0.184 e. The van der Waals surface area contributed by atoms with Crippen molar-refractivity contribution in [2.75, 3.05) is 0 Å². The van der Waals surface area contributed by atoms with E-state index in [-0.39, 0.29) is 5.78 Å². The average Bonchev–Trinajstić information content (AvgIpc) is 2.46. The number of hydrogen-bond acceptors (Lipinski definition) is 2. The molecule has 0 radical (unpaired) electrons. The second kappa shape index (κ2) is 6.49. The first-order valence-corrected chi connectivity index (χ1v) is 7.22. The van der Waals surface area contributed by atoms with Gasteiger partial charge in [-0.2, -0.15) is 5.26 Å². The molecule has 106 valence electrons. The third-order valence-corrected chi connectivity index (χ3v) is 4.27. The van der Waals surface area contributed by atoms with Crippen molar-refractivity contribution < 1.29 is 4.79 Å². The summed E-state index contributed by atoms with van der Waals surface area (Å²) in [6.45, 7) is 1.81. The molecule has 1 unspecified atom stereocenters. The van der Waals surface area contributed by atoms with Gasteiger partial charge in [-0.05, 0) is 48.4 Å².